The van der Waals surface area contributed by atoms with Crippen LogP contribution < -0.4 is 31.9 Å². The second-order valence-corrected chi connectivity index (χ2v) is 24.2. The first-order valence-corrected chi connectivity index (χ1v) is 22.8. The molecule has 0 aromatic carbocycles. The zero-order chi connectivity index (χ0) is 49.9. The molecule has 6 aliphatic heterocycles. The van der Waals surface area contributed by atoms with Crippen LogP contribution in [0.1, 0.15) is 147 Å². The van der Waals surface area contributed by atoms with Crippen LogP contribution in [0.2, 0.25) is 0 Å². The number of rotatable bonds is 14. The van der Waals surface area contributed by atoms with Crippen LogP contribution in [0.25, 0.3) is 0 Å². The summed E-state index contributed by atoms with van der Waals surface area (Å²) in [5.41, 5.74) is -13.8. The normalized spacial score (nSPS) is 27.2. The molecule has 66 heavy (non-hydrogen) atoms. The van der Waals surface area contributed by atoms with Gasteiger partial charge in [-0.15, -0.1) is 0 Å². The molecule has 6 heterocycles. The third-order valence-corrected chi connectivity index (χ3v) is 14.7. The Morgan fingerprint density at radius 2 is 0.667 bits per heavy atom. The largest absolute Gasteiger partial charge is 0.481 e. The maximum Gasteiger partial charge on any atom is 0.325 e. The quantitative estimate of drug-likeness (QED) is 0.113. The molecule has 9 N–H and O–H groups in total. The molecule has 0 aromatic rings. The summed E-state index contributed by atoms with van der Waals surface area (Å²) < 4.78 is 0. The lowest BCUT2D eigenvalue weighted by atomic mass is 9.56. The van der Waals surface area contributed by atoms with Crippen LogP contribution in [0.3, 0.4) is 0 Å². The van der Waals surface area contributed by atoms with E-state index in [1.807, 2.05) is 83.1 Å². The number of carboxylic acid groups (broad SMARTS) is 3. The molecule has 6 saturated heterocycles. The van der Waals surface area contributed by atoms with Crippen molar-refractivity contribution in [3.63, 3.8) is 0 Å². The van der Waals surface area contributed by atoms with Gasteiger partial charge in [0, 0.05) is 52.9 Å². The molecule has 0 saturated carbocycles. The molecule has 3 spiro atoms. The average molecular weight is 930 g/mol. The van der Waals surface area contributed by atoms with Gasteiger partial charge in [0.1, 0.15) is 16.6 Å². The Hall–Kier alpha value is -4.89. The number of carboxylic acids is 3. The number of aliphatic carboxylic acids is 3. The van der Waals surface area contributed by atoms with Crippen molar-refractivity contribution >= 4 is 53.7 Å². The first kappa shape index (κ1) is 50.5. The van der Waals surface area contributed by atoms with Crippen molar-refractivity contribution in [3.8, 4) is 0 Å². The molecule has 6 rings (SSSR count). The van der Waals surface area contributed by atoms with E-state index < -0.39 is 160 Å². The molecule has 0 radical (unpaired) electrons. The van der Waals surface area contributed by atoms with Crippen molar-refractivity contribution in [2.45, 2.75) is 197 Å². The van der Waals surface area contributed by atoms with Crippen molar-refractivity contribution in [1.29, 1.82) is 0 Å². The van der Waals surface area contributed by atoms with Gasteiger partial charge < -0.3 is 47.2 Å². The Kier molecular flexibility index (Phi) is 11.9. The van der Waals surface area contributed by atoms with E-state index in [2.05, 4.69) is 31.9 Å². The first-order valence-electron chi connectivity index (χ1n) is 22.8. The Morgan fingerprint density at radius 1 is 0.439 bits per heavy atom. The van der Waals surface area contributed by atoms with Crippen molar-refractivity contribution in [1.82, 2.24) is 46.6 Å². The minimum absolute atomic E-state index is 0.151. The third kappa shape index (κ3) is 8.86. The lowest BCUT2D eigenvalue weighted by molar-refractivity contribution is -0.182. The highest BCUT2D eigenvalue weighted by Crippen LogP contribution is 2.53. The molecule has 368 valence electrons. The van der Waals surface area contributed by atoms with E-state index in [0.29, 0.717) is 0 Å². The van der Waals surface area contributed by atoms with Crippen molar-refractivity contribution in [3.05, 3.63) is 0 Å². The third-order valence-electron chi connectivity index (χ3n) is 14.7. The lowest BCUT2D eigenvalue weighted by Gasteiger charge is -2.50. The molecule has 9 amide bonds. The Labute approximate surface area is 385 Å². The summed E-state index contributed by atoms with van der Waals surface area (Å²) >= 11 is 0. The molecular weight excluding hydrogens is 859 g/mol. The van der Waals surface area contributed by atoms with Crippen LogP contribution in [0.4, 0.5) is 14.4 Å². The number of urea groups is 3. The van der Waals surface area contributed by atoms with E-state index in [1.165, 1.54) is 0 Å². The number of piperidine rings is 3. The number of nitrogens with zero attached hydrogens (tertiary/aromatic N) is 3. The van der Waals surface area contributed by atoms with Crippen LogP contribution in [0.15, 0.2) is 0 Å². The van der Waals surface area contributed by atoms with Gasteiger partial charge in [-0.3, -0.25) is 43.5 Å². The highest BCUT2D eigenvalue weighted by atomic mass is 16.4. The zero-order valence-corrected chi connectivity index (χ0v) is 40.5. The first-order chi connectivity index (χ1) is 29.8. The summed E-state index contributed by atoms with van der Waals surface area (Å²) in [4.78, 5) is 129. The maximum absolute atomic E-state index is 14.5. The van der Waals surface area contributed by atoms with Crippen LogP contribution in [0.5, 0.6) is 0 Å². The van der Waals surface area contributed by atoms with Crippen LogP contribution in [-0.2, 0) is 28.8 Å². The molecule has 21 heteroatoms. The van der Waals surface area contributed by atoms with Crippen LogP contribution in [-0.4, -0.2) is 153 Å². The van der Waals surface area contributed by atoms with Crippen molar-refractivity contribution in [2.24, 2.45) is 10.8 Å². The van der Waals surface area contributed by atoms with Gasteiger partial charge in [0.05, 0.1) is 17.3 Å². The van der Waals surface area contributed by atoms with Gasteiger partial charge in [-0.1, -0.05) is 0 Å². The van der Waals surface area contributed by atoms with E-state index in [4.69, 9.17) is 0 Å². The van der Waals surface area contributed by atoms with Gasteiger partial charge in [0.15, 0.2) is 0 Å². The maximum atomic E-state index is 14.5. The SMILES string of the molecule is CC1(C)CC2(CC(C)(C)N1)NC(=O)N(CCC(CCN1C(=O)NC3(CC(C)(C)NC(C)(C)C3)C1=O)(C(=O)O)C(CCN1C(=O)NC3(CC(C)(C)NC(C)(C)C3)C1=O)(CC(=O)O)C(=O)O)C2=O. The van der Waals surface area contributed by atoms with Crippen LogP contribution in [0, 0.1) is 10.8 Å². The van der Waals surface area contributed by atoms with Gasteiger partial charge in [0.2, 0.25) is 0 Å². The number of amides is 9. The molecule has 21 nitrogen and oxygen atoms in total. The predicted octanol–water partition coefficient (Wildman–Crippen LogP) is 2.47. The number of carbonyl (C=O) groups excluding carboxylic acids is 6. The molecule has 0 aliphatic carbocycles. The van der Waals surface area contributed by atoms with Gasteiger partial charge in [0.25, 0.3) is 17.7 Å². The van der Waals surface area contributed by atoms with E-state index in [9.17, 15) is 58.5 Å². The average Bonchev–Trinajstić information content (AvgIpc) is 3.53. The predicted molar refractivity (Wildman–Crippen MR) is 237 cm³/mol. The fourth-order valence-electron chi connectivity index (χ4n) is 14.2. The zero-order valence-electron chi connectivity index (χ0n) is 40.5. The highest BCUT2D eigenvalue weighted by Gasteiger charge is 2.66. The highest BCUT2D eigenvalue weighted by molar-refractivity contribution is 6.09. The second-order valence-electron chi connectivity index (χ2n) is 24.2. The van der Waals surface area contributed by atoms with Gasteiger partial charge >= 0.3 is 36.0 Å². The topological polar surface area (TPSA) is 296 Å². The van der Waals surface area contributed by atoms with E-state index in [0.717, 1.165) is 14.7 Å². The van der Waals surface area contributed by atoms with Gasteiger partial charge in [-0.05, 0) is 141 Å². The van der Waals surface area contributed by atoms with Crippen molar-refractivity contribution < 1.29 is 58.5 Å². The van der Waals surface area contributed by atoms with Gasteiger partial charge in [-0.25, -0.2) is 14.4 Å². The minimum Gasteiger partial charge on any atom is -0.481 e. The second kappa shape index (κ2) is 15.6. The summed E-state index contributed by atoms with van der Waals surface area (Å²) in [6.45, 7) is 20.2. The summed E-state index contributed by atoms with van der Waals surface area (Å²) in [5, 5.41) is 52.3. The standard InChI is InChI=1S/C45H71N9O12/c1-35(2)20-43(21-36(3,4)49-35)27(57)52(32(64)46-43)16-13-41(30(60)61,14-17-53-28(58)44(47-33(53)65)22-37(5,6)50-38(7,8)23-44)42(31(62)63,19-26(55)56)15-18-54-29(59)45(48-34(54)66)24-39(9,10)51-40(11,12)25-45/h49-51H,13-25H2,1-12H3,(H,46,64)(H,47,65)(H,48,66)(H,55,56)(H,60,61)(H,62,63). The number of nitrogens with one attached hydrogen (secondary N) is 6. The Balaban J connectivity index is 1.42. The summed E-state index contributed by atoms with van der Waals surface area (Å²) in [5.74, 6) is -7.56. The molecule has 1 unspecified atom stereocenters. The fraction of sp³-hybridized carbons (Fsp3) is 0.800. The molecule has 6 aliphatic rings. The molecular formula is C45H71N9O12. The fourth-order valence-corrected chi connectivity index (χ4v) is 14.2. The van der Waals surface area contributed by atoms with E-state index in [-0.39, 0.29) is 38.5 Å². The molecule has 0 bridgehead atoms. The summed E-state index contributed by atoms with van der Waals surface area (Å²) in [6, 6.07) is -2.60. The summed E-state index contributed by atoms with van der Waals surface area (Å²) in [7, 11) is 0. The number of hydrogen-bond donors (Lipinski definition) is 9. The minimum atomic E-state index is -2.89. The lowest BCUT2D eigenvalue weighted by Crippen LogP contribution is -2.68. The number of imide groups is 3. The van der Waals surface area contributed by atoms with Gasteiger partial charge in [-0.2, -0.15) is 0 Å². The van der Waals surface area contributed by atoms with E-state index >= 15 is 0 Å². The smallest absolute Gasteiger partial charge is 0.325 e. The Morgan fingerprint density at radius 3 is 0.879 bits per heavy atom. The molecule has 0 aromatic heterocycles. The number of hydrogen-bond acceptors (Lipinski definition) is 12. The number of carbonyl (C=O) groups is 9. The van der Waals surface area contributed by atoms with Crippen molar-refractivity contribution in [2.75, 3.05) is 19.6 Å². The molecule has 1 atom stereocenters. The Bertz CT molecular complexity index is 2020. The monoisotopic (exact) mass is 930 g/mol. The summed E-state index contributed by atoms with van der Waals surface area (Å²) in [6.07, 6.45) is -3.04. The van der Waals surface area contributed by atoms with E-state index in [1.54, 1.807) is 0 Å². The molecule has 6 fully saturated rings. The van der Waals surface area contributed by atoms with Crippen LogP contribution >= 0.6 is 0 Å².